The van der Waals surface area contributed by atoms with E-state index in [1.807, 2.05) is 12.1 Å². The third-order valence-electron chi connectivity index (χ3n) is 6.38. The van der Waals surface area contributed by atoms with Crippen LogP contribution >= 0.6 is 11.6 Å². The second-order valence-corrected chi connectivity index (χ2v) is 9.34. The Morgan fingerprint density at radius 2 is 1.66 bits per heavy atom. The first-order chi connectivity index (χ1) is 18.5. The Hall–Kier alpha value is -4.24. The molecule has 0 unspecified atom stereocenters. The first kappa shape index (κ1) is 25.4. The van der Waals surface area contributed by atoms with Crippen molar-refractivity contribution >= 4 is 29.2 Å². The second-order valence-electron chi connectivity index (χ2n) is 8.90. The first-order valence-corrected chi connectivity index (χ1v) is 12.5. The topological polar surface area (TPSA) is 82.8 Å². The smallest absolute Gasteiger partial charge is 0.254 e. The number of amides is 2. The van der Waals surface area contributed by atoms with Crippen LogP contribution in [0.1, 0.15) is 16.1 Å². The van der Waals surface area contributed by atoms with Gasteiger partial charge in [0.15, 0.2) is 5.82 Å². The number of benzene rings is 2. The number of rotatable bonds is 7. The predicted octanol–water partition coefficient (Wildman–Crippen LogP) is 4.52. The highest BCUT2D eigenvalue weighted by Crippen LogP contribution is 2.20. The van der Waals surface area contributed by atoms with Gasteiger partial charge in [0.05, 0.1) is 18.5 Å². The van der Waals surface area contributed by atoms with Gasteiger partial charge in [-0.2, -0.15) is 0 Å². The highest BCUT2D eigenvalue weighted by Gasteiger charge is 2.26. The summed E-state index contributed by atoms with van der Waals surface area (Å²) in [7, 11) is 0. The van der Waals surface area contributed by atoms with Crippen LogP contribution in [0.15, 0.2) is 83.5 Å². The van der Waals surface area contributed by atoms with Gasteiger partial charge in [-0.1, -0.05) is 11.6 Å². The van der Waals surface area contributed by atoms with Crippen molar-refractivity contribution in [1.29, 1.82) is 0 Å². The van der Waals surface area contributed by atoms with E-state index in [9.17, 15) is 14.0 Å². The van der Waals surface area contributed by atoms with E-state index >= 15 is 0 Å². The summed E-state index contributed by atoms with van der Waals surface area (Å²) in [6.07, 6.45) is 1.54. The molecule has 1 saturated heterocycles. The van der Waals surface area contributed by atoms with Gasteiger partial charge in [-0.15, -0.1) is 10.2 Å². The lowest BCUT2D eigenvalue weighted by atomic mass is 10.1. The molecule has 8 nitrogen and oxygen atoms in total. The van der Waals surface area contributed by atoms with E-state index in [4.69, 9.17) is 16.0 Å². The molecular formula is C28H25ClFN5O3. The Kier molecular flexibility index (Phi) is 7.65. The zero-order valence-corrected chi connectivity index (χ0v) is 21.2. The van der Waals surface area contributed by atoms with Crippen LogP contribution in [-0.4, -0.2) is 64.5 Å². The summed E-state index contributed by atoms with van der Waals surface area (Å²) >= 11 is 5.97. The molecular weight excluding hydrogens is 509 g/mol. The Morgan fingerprint density at radius 3 is 2.29 bits per heavy atom. The average Bonchev–Trinajstić information content (AvgIpc) is 3.47. The van der Waals surface area contributed by atoms with Crippen LogP contribution in [-0.2, 0) is 11.3 Å². The first-order valence-electron chi connectivity index (χ1n) is 12.2. The van der Waals surface area contributed by atoms with Crippen LogP contribution in [0.3, 0.4) is 0 Å². The molecule has 38 heavy (non-hydrogen) atoms. The van der Waals surface area contributed by atoms with Gasteiger partial charge in [-0.3, -0.25) is 9.59 Å². The minimum atomic E-state index is -0.302. The molecule has 0 radical (unpaired) electrons. The van der Waals surface area contributed by atoms with Gasteiger partial charge in [0.25, 0.3) is 5.91 Å². The summed E-state index contributed by atoms with van der Waals surface area (Å²) in [5.74, 6) is 0.579. The molecule has 0 bridgehead atoms. The number of carbonyl (C=O) groups is 2. The fourth-order valence-electron chi connectivity index (χ4n) is 4.28. The quantitative estimate of drug-likeness (QED) is 0.347. The van der Waals surface area contributed by atoms with E-state index in [1.165, 1.54) is 23.3 Å². The largest absolute Gasteiger partial charge is 0.467 e. The summed E-state index contributed by atoms with van der Waals surface area (Å²) in [5.41, 5.74) is 1.89. The van der Waals surface area contributed by atoms with Crippen molar-refractivity contribution in [3.8, 4) is 11.3 Å². The number of aromatic nitrogens is 2. The van der Waals surface area contributed by atoms with Crippen LogP contribution < -0.4 is 4.90 Å². The molecule has 194 valence electrons. The molecule has 0 N–H and O–H groups in total. The van der Waals surface area contributed by atoms with Gasteiger partial charge in [0.2, 0.25) is 5.91 Å². The van der Waals surface area contributed by atoms with Crippen LogP contribution in [0.2, 0.25) is 5.02 Å². The van der Waals surface area contributed by atoms with Crippen molar-refractivity contribution in [2.24, 2.45) is 0 Å². The predicted molar refractivity (Wildman–Crippen MR) is 141 cm³/mol. The van der Waals surface area contributed by atoms with E-state index in [0.29, 0.717) is 54.0 Å². The van der Waals surface area contributed by atoms with Gasteiger partial charge < -0.3 is 19.1 Å². The number of carbonyl (C=O) groups excluding carboxylic acids is 2. The number of hydrogen-bond donors (Lipinski definition) is 0. The van der Waals surface area contributed by atoms with Gasteiger partial charge in [0, 0.05) is 42.3 Å². The maximum atomic E-state index is 13.2. The molecule has 0 aliphatic carbocycles. The van der Waals surface area contributed by atoms with Crippen LogP contribution in [0.4, 0.5) is 10.2 Å². The third kappa shape index (κ3) is 6.00. The zero-order chi connectivity index (χ0) is 26.5. The highest BCUT2D eigenvalue weighted by molar-refractivity contribution is 6.30. The lowest BCUT2D eigenvalue weighted by Gasteiger charge is -2.36. The molecule has 4 aromatic rings. The maximum absolute atomic E-state index is 13.2. The van der Waals surface area contributed by atoms with Crippen LogP contribution in [0.5, 0.6) is 0 Å². The van der Waals surface area contributed by atoms with Gasteiger partial charge in [-0.25, -0.2) is 4.39 Å². The number of halogens is 2. The summed E-state index contributed by atoms with van der Waals surface area (Å²) in [4.78, 5) is 31.7. The number of piperazine rings is 1. The SMILES string of the molecule is O=C(CN(Cc1ccco1)C(=O)c1ccc(Cl)cc1)N1CCN(c2ccc(-c3ccc(F)cc3)nn2)CC1. The van der Waals surface area contributed by atoms with E-state index in [2.05, 4.69) is 15.1 Å². The molecule has 1 aliphatic rings. The molecule has 2 aromatic carbocycles. The molecule has 1 aliphatic heterocycles. The number of furan rings is 1. The summed E-state index contributed by atoms with van der Waals surface area (Å²) in [6, 6.07) is 19.9. The maximum Gasteiger partial charge on any atom is 0.254 e. The highest BCUT2D eigenvalue weighted by atomic mass is 35.5. The second kappa shape index (κ2) is 11.4. The minimum absolute atomic E-state index is 0.0751. The number of hydrogen-bond acceptors (Lipinski definition) is 6. The normalized spacial score (nSPS) is 13.4. The Bertz CT molecular complexity index is 1370. The molecule has 5 rings (SSSR count). The molecule has 0 spiro atoms. The zero-order valence-electron chi connectivity index (χ0n) is 20.5. The fraction of sp³-hybridized carbons (Fsp3) is 0.214. The van der Waals surface area contributed by atoms with Crippen LogP contribution in [0.25, 0.3) is 11.3 Å². The lowest BCUT2D eigenvalue weighted by molar-refractivity contribution is -0.132. The minimum Gasteiger partial charge on any atom is -0.467 e. The summed E-state index contributed by atoms with van der Waals surface area (Å²) in [6.45, 7) is 2.25. The van der Waals surface area contributed by atoms with Crippen LogP contribution in [0, 0.1) is 5.82 Å². The van der Waals surface area contributed by atoms with Crippen molar-refractivity contribution in [2.45, 2.75) is 6.54 Å². The van der Waals surface area contributed by atoms with Crippen molar-refractivity contribution in [2.75, 3.05) is 37.6 Å². The molecule has 0 saturated carbocycles. The Balaban J connectivity index is 1.20. The van der Waals surface area contributed by atoms with Gasteiger partial charge in [0.1, 0.15) is 18.1 Å². The molecule has 10 heteroatoms. The van der Waals surface area contributed by atoms with E-state index in [0.717, 1.165) is 5.56 Å². The Labute approximate surface area is 224 Å². The molecule has 3 heterocycles. The van der Waals surface area contributed by atoms with Gasteiger partial charge >= 0.3 is 0 Å². The molecule has 2 aromatic heterocycles. The summed E-state index contributed by atoms with van der Waals surface area (Å²) in [5, 5.41) is 9.14. The number of anilines is 1. The standard InChI is InChI=1S/C28H25ClFN5O3/c29-22-7-3-21(4-8-22)28(37)35(18-24-2-1-17-38-24)19-27(36)34-15-13-33(14-16-34)26-12-11-25(31-32-26)20-5-9-23(30)10-6-20/h1-12,17H,13-16,18-19H2. The molecule has 0 atom stereocenters. The van der Waals surface area contributed by atoms with E-state index in [-0.39, 0.29) is 30.7 Å². The van der Waals surface area contributed by atoms with E-state index in [1.54, 1.807) is 53.4 Å². The van der Waals surface area contributed by atoms with Crippen molar-refractivity contribution < 1.29 is 18.4 Å². The Morgan fingerprint density at radius 1 is 0.921 bits per heavy atom. The fourth-order valence-corrected chi connectivity index (χ4v) is 4.41. The van der Waals surface area contributed by atoms with Crippen molar-refractivity contribution in [3.05, 3.63) is 101 Å². The lowest BCUT2D eigenvalue weighted by Crippen LogP contribution is -2.52. The average molecular weight is 534 g/mol. The molecule has 2 amide bonds. The monoisotopic (exact) mass is 533 g/mol. The number of nitrogens with zero attached hydrogens (tertiary/aromatic N) is 5. The van der Waals surface area contributed by atoms with Crippen molar-refractivity contribution in [1.82, 2.24) is 20.0 Å². The van der Waals surface area contributed by atoms with Crippen molar-refractivity contribution in [3.63, 3.8) is 0 Å². The van der Waals surface area contributed by atoms with E-state index < -0.39 is 0 Å². The summed E-state index contributed by atoms with van der Waals surface area (Å²) < 4.78 is 18.6. The van der Waals surface area contributed by atoms with Gasteiger partial charge in [-0.05, 0) is 72.8 Å². The molecule has 1 fully saturated rings. The third-order valence-corrected chi connectivity index (χ3v) is 6.63.